The molecule has 0 radical (unpaired) electrons. The number of anilines is 1. The minimum atomic E-state index is -0.903. The van der Waals surface area contributed by atoms with Crippen molar-refractivity contribution in [3.05, 3.63) is 95.3 Å². The van der Waals surface area contributed by atoms with Crippen LogP contribution in [0, 0.1) is 11.6 Å². The lowest BCUT2D eigenvalue weighted by molar-refractivity contribution is 0.0950. The van der Waals surface area contributed by atoms with E-state index in [9.17, 15) is 18.4 Å². The Morgan fingerprint density at radius 1 is 0.926 bits per heavy atom. The molecule has 0 saturated heterocycles. The zero-order valence-electron chi connectivity index (χ0n) is 14.1. The van der Waals surface area contributed by atoms with Crippen LogP contribution in [0.2, 0.25) is 0 Å². The average Bonchev–Trinajstić information content (AvgIpc) is 2.69. The summed E-state index contributed by atoms with van der Waals surface area (Å²) in [4.78, 5) is 28.4. The Hall–Kier alpha value is -3.61. The third-order valence-electron chi connectivity index (χ3n) is 3.73. The van der Waals surface area contributed by atoms with Crippen LogP contribution in [0.25, 0.3) is 0 Å². The van der Waals surface area contributed by atoms with E-state index in [-0.39, 0.29) is 22.9 Å². The molecule has 27 heavy (non-hydrogen) atoms. The number of halogens is 2. The van der Waals surface area contributed by atoms with Crippen LogP contribution in [0.5, 0.6) is 0 Å². The quantitative estimate of drug-likeness (QED) is 0.725. The molecule has 2 aromatic carbocycles. The number of carbonyl (C=O) groups is 2. The molecular formula is C20H15F2N3O2. The summed E-state index contributed by atoms with van der Waals surface area (Å²) in [6, 6.07) is 14.9. The molecule has 0 bridgehead atoms. The van der Waals surface area contributed by atoms with E-state index in [0.29, 0.717) is 12.6 Å². The van der Waals surface area contributed by atoms with Gasteiger partial charge in [0.2, 0.25) is 0 Å². The number of carbonyl (C=O) groups excluding carboxylic acids is 2. The number of aromatic nitrogens is 1. The maximum absolute atomic E-state index is 13.7. The van der Waals surface area contributed by atoms with Crippen molar-refractivity contribution >= 4 is 17.5 Å². The molecule has 136 valence electrons. The lowest BCUT2D eigenvalue weighted by Gasteiger charge is -2.08. The van der Waals surface area contributed by atoms with Crippen LogP contribution in [0.3, 0.4) is 0 Å². The molecule has 0 fully saturated rings. The normalized spacial score (nSPS) is 10.3. The Kier molecular flexibility index (Phi) is 5.51. The van der Waals surface area contributed by atoms with E-state index in [1.807, 2.05) is 30.3 Å². The first kappa shape index (κ1) is 18.2. The van der Waals surface area contributed by atoms with Crippen LogP contribution in [-0.4, -0.2) is 16.8 Å². The van der Waals surface area contributed by atoms with Crippen molar-refractivity contribution in [3.63, 3.8) is 0 Å². The zero-order chi connectivity index (χ0) is 19.2. The van der Waals surface area contributed by atoms with Crippen molar-refractivity contribution in [1.29, 1.82) is 0 Å². The summed E-state index contributed by atoms with van der Waals surface area (Å²) in [5, 5.41) is 5.05. The maximum Gasteiger partial charge on any atom is 0.274 e. The van der Waals surface area contributed by atoms with Crippen molar-refractivity contribution in [2.45, 2.75) is 6.54 Å². The summed E-state index contributed by atoms with van der Waals surface area (Å²) in [5.74, 6) is -2.73. The number of pyridine rings is 1. The van der Waals surface area contributed by atoms with Gasteiger partial charge in [-0.1, -0.05) is 30.3 Å². The van der Waals surface area contributed by atoms with Gasteiger partial charge in [0.25, 0.3) is 11.8 Å². The Morgan fingerprint density at radius 3 is 2.44 bits per heavy atom. The second-order valence-electron chi connectivity index (χ2n) is 5.68. The number of amides is 2. The first-order valence-corrected chi connectivity index (χ1v) is 8.07. The molecule has 5 nitrogen and oxygen atoms in total. The highest BCUT2D eigenvalue weighted by atomic mass is 19.1. The number of rotatable bonds is 5. The Balaban J connectivity index is 1.68. The molecule has 0 atom stereocenters. The second-order valence-corrected chi connectivity index (χ2v) is 5.68. The van der Waals surface area contributed by atoms with Gasteiger partial charge in [-0.2, -0.15) is 0 Å². The molecule has 2 amide bonds. The van der Waals surface area contributed by atoms with Gasteiger partial charge in [-0.3, -0.25) is 14.6 Å². The van der Waals surface area contributed by atoms with E-state index in [1.54, 1.807) is 0 Å². The lowest BCUT2D eigenvalue weighted by Crippen LogP contribution is -2.23. The summed E-state index contributed by atoms with van der Waals surface area (Å²) < 4.78 is 26.6. The molecule has 1 aromatic heterocycles. The molecule has 0 spiro atoms. The van der Waals surface area contributed by atoms with Gasteiger partial charge in [-0.25, -0.2) is 8.78 Å². The van der Waals surface area contributed by atoms with Crippen LogP contribution < -0.4 is 10.6 Å². The number of hydrogen-bond acceptors (Lipinski definition) is 3. The zero-order valence-corrected chi connectivity index (χ0v) is 14.1. The van der Waals surface area contributed by atoms with Gasteiger partial charge in [0.05, 0.1) is 5.69 Å². The largest absolute Gasteiger partial charge is 0.348 e. The summed E-state index contributed by atoms with van der Waals surface area (Å²) >= 11 is 0. The minimum absolute atomic E-state index is 0.0638. The summed E-state index contributed by atoms with van der Waals surface area (Å²) in [6.07, 6.45) is 1.31. The van der Waals surface area contributed by atoms with Gasteiger partial charge >= 0.3 is 0 Å². The predicted octanol–water partition coefficient (Wildman–Crippen LogP) is 3.54. The third kappa shape index (κ3) is 4.72. The van der Waals surface area contributed by atoms with Crippen LogP contribution in [0.15, 0.2) is 66.9 Å². The van der Waals surface area contributed by atoms with Crippen LogP contribution in [0.1, 0.15) is 26.4 Å². The van der Waals surface area contributed by atoms with E-state index < -0.39 is 17.5 Å². The molecule has 3 rings (SSSR count). The number of benzene rings is 2. The van der Waals surface area contributed by atoms with E-state index in [1.165, 1.54) is 18.3 Å². The fraction of sp³-hybridized carbons (Fsp3) is 0.0500. The van der Waals surface area contributed by atoms with Gasteiger partial charge in [0.15, 0.2) is 0 Å². The van der Waals surface area contributed by atoms with Crippen molar-refractivity contribution in [1.82, 2.24) is 10.3 Å². The highest BCUT2D eigenvalue weighted by molar-refractivity contribution is 6.04. The lowest BCUT2D eigenvalue weighted by atomic mass is 10.2. The summed E-state index contributed by atoms with van der Waals surface area (Å²) in [6.45, 7) is 0.338. The van der Waals surface area contributed by atoms with Gasteiger partial charge in [-0.05, 0) is 29.8 Å². The Labute approximate surface area is 154 Å². The van der Waals surface area contributed by atoms with Gasteiger partial charge in [0, 0.05) is 24.4 Å². The van der Waals surface area contributed by atoms with E-state index in [2.05, 4.69) is 15.6 Å². The molecular weight excluding hydrogens is 352 g/mol. The van der Waals surface area contributed by atoms with Gasteiger partial charge < -0.3 is 10.6 Å². The van der Waals surface area contributed by atoms with E-state index in [0.717, 1.165) is 17.7 Å². The first-order valence-electron chi connectivity index (χ1n) is 8.07. The standard InChI is InChI=1S/C20H15F2N3O2/c21-15-6-7-17(16(22)11-15)25-20(27)18-10-14(8-9-23-18)19(26)24-12-13-4-2-1-3-5-13/h1-11H,12H2,(H,24,26)(H,25,27). The van der Waals surface area contributed by atoms with Crippen LogP contribution >= 0.6 is 0 Å². The molecule has 0 saturated carbocycles. The fourth-order valence-corrected chi connectivity index (χ4v) is 2.35. The molecule has 2 N–H and O–H groups in total. The van der Waals surface area contributed by atoms with E-state index in [4.69, 9.17) is 0 Å². The minimum Gasteiger partial charge on any atom is -0.348 e. The molecule has 0 aliphatic rings. The monoisotopic (exact) mass is 367 g/mol. The van der Waals surface area contributed by atoms with Crippen molar-refractivity contribution in [2.75, 3.05) is 5.32 Å². The summed E-state index contributed by atoms with van der Waals surface area (Å²) in [5.41, 5.74) is 0.934. The maximum atomic E-state index is 13.7. The van der Waals surface area contributed by atoms with Crippen molar-refractivity contribution in [3.8, 4) is 0 Å². The number of hydrogen-bond donors (Lipinski definition) is 2. The molecule has 7 heteroatoms. The van der Waals surface area contributed by atoms with Crippen LogP contribution in [0.4, 0.5) is 14.5 Å². The van der Waals surface area contributed by atoms with E-state index >= 15 is 0 Å². The van der Waals surface area contributed by atoms with Crippen molar-refractivity contribution < 1.29 is 18.4 Å². The highest BCUT2D eigenvalue weighted by Gasteiger charge is 2.14. The number of nitrogens with one attached hydrogen (secondary N) is 2. The average molecular weight is 367 g/mol. The topological polar surface area (TPSA) is 71.1 Å². The van der Waals surface area contributed by atoms with Gasteiger partial charge in [-0.15, -0.1) is 0 Å². The van der Waals surface area contributed by atoms with Crippen molar-refractivity contribution in [2.24, 2.45) is 0 Å². The Bertz CT molecular complexity index is 978. The summed E-state index contributed by atoms with van der Waals surface area (Å²) in [7, 11) is 0. The van der Waals surface area contributed by atoms with Gasteiger partial charge in [0.1, 0.15) is 17.3 Å². The highest BCUT2D eigenvalue weighted by Crippen LogP contribution is 2.16. The fourth-order valence-electron chi connectivity index (χ4n) is 2.35. The molecule has 3 aromatic rings. The predicted molar refractivity (Wildman–Crippen MR) is 96.2 cm³/mol. The smallest absolute Gasteiger partial charge is 0.274 e. The molecule has 1 heterocycles. The Morgan fingerprint density at radius 2 is 1.70 bits per heavy atom. The number of nitrogens with zero attached hydrogens (tertiary/aromatic N) is 1. The molecule has 0 aliphatic carbocycles. The first-order chi connectivity index (χ1) is 13.0. The molecule has 0 aliphatic heterocycles. The SMILES string of the molecule is O=C(NCc1ccccc1)c1ccnc(C(=O)Nc2ccc(F)cc2F)c1. The van der Waals surface area contributed by atoms with Crippen LogP contribution in [-0.2, 0) is 6.54 Å². The third-order valence-corrected chi connectivity index (χ3v) is 3.73. The second kappa shape index (κ2) is 8.18. The molecule has 0 unspecified atom stereocenters.